The van der Waals surface area contributed by atoms with Gasteiger partial charge in [0.15, 0.2) is 0 Å². The Labute approximate surface area is 114 Å². The molecule has 0 saturated carbocycles. The zero-order valence-electron chi connectivity index (χ0n) is 9.61. The molecule has 0 bridgehead atoms. The summed E-state index contributed by atoms with van der Waals surface area (Å²) in [6.07, 6.45) is 0. The van der Waals surface area contributed by atoms with Crippen molar-refractivity contribution >= 4 is 19.7 Å². The van der Waals surface area contributed by atoms with Gasteiger partial charge in [0.25, 0.3) is 0 Å². The van der Waals surface area contributed by atoms with Crippen molar-refractivity contribution < 1.29 is 17.2 Å². The van der Waals surface area contributed by atoms with E-state index < -0.39 is 26.4 Å². The lowest BCUT2D eigenvalue weighted by atomic mass is 10.0. The second-order valence-electron chi connectivity index (χ2n) is 3.98. The van der Waals surface area contributed by atoms with Crippen molar-refractivity contribution in [2.24, 2.45) is 0 Å². The average Bonchev–Trinajstić information content (AvgIpc) is 2.31. The average molecular weight is 303 g/mol. The molecule has 0 heterocycles. The third-order valence-electron chi connectivity index (χ3n) is 2.53. The van der Waals surface area contributed by atoms with Crippen molar-refractivity contribution in [2.45, 2.75) is 5.75 Å². The third kappa shape index (κ3) is 3.52. The van der Waals surface area contributed by atoms with Crippen molar-refractivity contribution in [1.29, 1.82) is 0 Å². The summed E-state index contributed by atoms with van der Waals surface area (Å²) in [6.45, 7) is 0. The van der Waals surface area contributed by atoms with E-state index >= 15 is 0 Å². The highest BCUT2D eigenvalue weighted by molar-refractivity contribution is 8.13. The molecule has 6 heteroatoms. The molecule has 0 unspecified atom stereocenters. The molecule has 0 atom stereocenters. The standard InChI is InChI=1S/C13H9ClF2O2S/c14-19(17,18)8-9-5-6-13(16)11(7-9)10-3-1-2-4-12(10)15/h1-7H,8H2. The van der Waals surface area contributed by atoms with E-state index in [0.29, 0.717) is 5.56 Å². The Kier molecular flexibility index (Phi) is 3.87. The topological polar surface area (TPSA) is 34.1 Å². The molecule has 100 valence electrons. The largest absolute Gasteiger partial charge is 0.236 e. The molecule has 2 aromatic carbocycles. The first-order valence-electron chi connectivity index (χ1n) is 5.32. The smallest absolute Gasteiger partial charge is 0.212 e. The number of rotatable bonds is 3. The lowest BCUT2D eigenvalue weighted by Crippen LogP contribution is -1.97. The van der Waals surface area contributed by atoms with Gasteiger partial charge in [-0.1, -0.05) is 24.3 Å². The van der Waals surface area contributed by atoms with Crippen molar-refractivity contribution in [3.8, 4) is 11.1 Å². The van der Waals surface area contributed by atoms with Crippen molar-refractivity contribution in [3.63, 3.8) is 0 Å². The summed E-state index contributed by atoms with van der Waals surface area (Å²) in [6, 6.07) is 9.38. The molecule has 0 amide bonds. The van der Waals surface area contributed by atoms with Gasteiger partial charge in [0.2, 0.25) is 9.05 Å². The van der Waals surface area contributed by atoms with Crippen LogP contribution in [-0.4, -0.2) is 8.42 Å². The van der Waals surface area contributed by atoms with Gasteiger partial charge < -0.3 is 0 Å². The first-order valence-corrected chi connectivity index (χ1v) is 7.80. The molecule has 0 aliphatic heterocycles. The maximum atomic E-state index is 13.7. The Balaban J connectivity index is 2.52. The second-order valence-corrected chi connectivity index (χ2v) is 6.75. The van der Waals surface area contributed by atoms with Gasteiger partial charge in [0, 0.05) is 21.8 Å². The van der Waals surface area contributed by atoms with Gasteiger partial charge in [-0.05, 0) is 23.8 Å². The van der Waals surface area contributed by atoms with Gasteiger partial charge in [0.1, 0.15) is 11.6 Å². The number of hydrogen-bond acceptors (Lipinski definition) is 2. The predicted octanol–water partition coefficient (Wildman–Crippen LogP) is 3.70. The molecule has 2 rings (SSSR count). The van der Waals surface area contributed by atoms with Crippen molar-refractivity contribution in [3.05, 3.63) is 59.7 Å². The molecule has 19 heavy (non-hydrogen) atoms. The van der Waals surface area contributed by atoms with Gasteiger partial charge in [0.05, 0.1) is 5.75 Å². The van der Waals surface area contributed by atoms with Gasteiger partial charge in [-0.2, -0.15) is 0 Å². The van der Waals surface area contributed by atoms with Crippen LogP contribution in [0.3, 0.4) is 0 Å². The van der Waals surface area contributed by atoms with Crippen LogP contribution in [0.25, 0.3) is 11.1 Å². The molecule has 2 aromatic rings. The van der Waals surface area contributed by atoms with E-state index in [4.69, 9.17) is 10.7 Å². The minimum Gasteiger partial charge on any atom is -0.212 e. The SMILES string of the molecule is O=S(=O)(Cl)Cc1ccc(F)c(-c2ccccc2F)c1. The number of hydrogen-bond donors (Lipinski definition) is 0. The second kappa shape index (κ2) is 5.27. The number of halogens is 3. The molecule has 0 saturated heterocycles. The molecule has 0 spiro atoms. The minimum absolute atomic E-state index is 0.0101. The molecule has 0 fully saturated rings. The van der Waals surface area contributed by atoms with E-state index in [-0.39, 0.29) is 11.1 Å². The van der Waals surface area contributed by atoms with E-state index in [0.717, 1.165) is 6.07 Å². The molecule has 2 nitrogen and oxygen atoms in total. The Morgan fingerprint density at radius 1 is 0.947 bits per heavy atom. The van der Waals surface area contributed by atoms with Crippen LogP contribution in [0.1, 0.15) is 5.56 Å². The Hall–Kier alpha value is -1.46. The minimum atomic E-state index is -3.74. The van der Waals surface area contributed by atoms with Gasteiger partial charge >= 0.3 is 0 Å². The molecule has 0 aliphatic carbocycles. The highest BCUT2D eigenvalue weighted by Gasteiger charge is 2.13. The third-order valence-corrected chi connectivity index (χ3v) is 3.54. The summed E-state index contributed by atoms with van der Waals surface area (Å²) in [5.74, 6) is -1.64. The Bertz CT molecular complexity index is 714. The van der Waals surface area contributed by atoms with Crippen LogP contribution in [0, 0.1) is 11.6 Å². The summed E-state index contributed by atoms with van der Waals surface area (Å²) in [5, 5.41) is 0. The summed E-state index contributed by atoms with van der Waals surface area (Å²) < 4.78 is 49.3. The molecular weight excluding hydrogens is 294 g/mol. The Morgan fingerprint density at radius 2 is 1.58 bits per heavy atom. The quantitative estimate of drug-likeness (QED) is 0.810. The monoisotopic (exact) mass is 302 g/mol. The highest BCUT2D eigenvalue weighted by atomic mass is 35.7. The summed E-state index contributed by atoms with van der Waals surface area (Å²) in [4.78, 5) is 0. The van der Waals surface area contributed by atoms with Crippen LogP contribution in [0.2, 0.25) is 0 Å². The van der Waals surface area contributed by atoms with Crippen molar-refractivity contribution in [2.75, 3.05) is 0 Å². The fourth-order valence-corrected chi connectivity index (χ4v) is 2.70. The van der Waals surface area contributed by atoms with Crippen LogP contribution in [0.5, 0.6) is 0 Å². The van der Waals surface area contributed by atoms with Crippen LogP contribution < -0.4 is 0 Å². The predicted molar refractivity (Wildman–Crippen MR) is 70.3 cm³/mol. The van der Waals surface area contributed by atoms with E-state index in [1.54, 1.807) is 6.07 Å². The van der Waals surface area contributed by atoms with Crippen LogP contribution in [0.15, 0.2) is 42.5 Å². The zero-order valence-corrected chi connectivity index (χ0v) is 11.2. The lowest BCUT2D eigenvalue weighted by molar-refractivity contribution is 0.608. The fraction of sp³-hybridized carbons (Fsp3) is 0.0769. The van der Waals surface area contributed by atoms with E-state index in [1.807, 2.05) is 0 Å². The van der Waals surface area contributed by atoms with Gasteiger partial charge in [-0.3, -0.25) is 0 Å². The molecule has 0 N–H and O–H groups in total. The fourth-order valence-electron chi connectivity index (χ4n) is 1.75. The highest BCUT2D eigenvalue weighted by Crippen LogP contribution is 2.27. The molecule has 0 aliphatic rings. The van der Waals surface area contributed by atoms with Gasteiger partial charge in [-0.15, -0.1) is 0 Å². The Morgan fingerprint density at radius 3 is 2.21 bits per heavy atom. The first-order chi connectivity index (χ1) is 8.87. The van der Waals surface area contributed by atoms with E-state index in [1.165, 1.54) is 30.3 Å². The van der Waals surface area contributed by atoms with E-state index in [2.05, 4.69) is 0 Å². The molecular formula is C13H9ClF2O2S. The normalized spacial score (nSPS) is 11.5. The maximum absolute atomic E-state index is 13.7. The zero-order chi connectivity index (χ0) is 14.0. The molecule has 0 aromatic heterocycles. The first kappa shape index (κ1) is 14.0. The van der Waals surface area contributed by atoms with Gasteiger partial charge in [-0.25, -0.2) is 17.2 Å². The lowest BCUT2D eigenvalue weighted by Gasteiger charge is -2.07. The summed E-state index contributed by atoms with van der Waals surface area (Å²) >= 11 is 0. The maximum Gasteiger partial charge on any atom is 0.236 e. The summed E-state index contributed by atoms with van der Waals surface area (Å²) in [7, 11) is 1.40. The van der Waals surface area contributed by atoms with Crippen LogP contribution in [-0.2, 0) is 14.8 Å². The van der Waals surface area contributed by atoms with Crippen LogP contribution in [0.4, 0.5) is 8.78 Å². The summed E-state index contributed by atoms with van der Waals surface area (Å²) in [5.41, 5.74) is 0.388. The van der Waals surface area contributed by atoms with Crippen molar-refractivity contribution in [1.82, 2.24) is 0 Å². The van der Waals surface area contributed by atoms with E-state index in [9.17, 15) is 17.2 Å². The molecule has 0 radical (unpaired) electrons. The van der Waals surface area contributed by atoms with Crippen LogP contribution >= 0.6 is 10.7 Å². The number of benzene rings is 2.